The van der Waals surface area contributed by atoms with Gasteiger partial charge in [-0.05, 0) is 26.4 Å². The van der Waals surface area contributed by atoms with Crippen molar-refractivity contribution in [1.29, 1.82) is 0 Å². The van der Waals surface area contributed by atoms with E-state index in [2.05, 4.69) is 38.0 Å². The van der Waals surface area contributed by atoms with Gasteiger partial charge in [0.15, 0.2) is 0 Å². The molecule has 0 rings (SSSR count). The fourth-order valence-electron chi connectivity index (χ4n) is 1.55. The normalized spacial score (nSPS) is 14.8. The van der Waals surface area contributed by atoms with Crippen LogP contribution in [-0.4, -0.2) is 51.8 Å². The lowest BCUT2D eigenvalue weighted by molar-refractivity contribution is 0.122. The monoisotopic (exact) mass is 202 g/mol. The summed E-state index contributed by atoms with van der Waals surface area (Å²) in [7, 11) is 5.90. The van der Waals surface area contributed by atoms with E-state index < -0.39 is 0 Å². The quantitative estimate of drug-likeness (QED) is 0.671. The Morgan fingerprint density at radius 3 is 2.43 bits per heavy atom. The average Bonchev–Trinajstić information content (AvgIpc) is 2.12. The molecule has 0 aromatic heterocycles. The standard InChI is InChI=1S/C11H26N2O/c1-10(12-4)11(2,3)9-13(5)7-8-14-6/h10,12H,7-9H2,1-6H3. The molecule has 0 fully saturated rings. The number of rotatable bonds is 7. The van der Waals surface area contributed by atoms with Crippen molar-refractivity contribution in [2.45, 2.75) is 26.8 Å². The fourth-order valence-corrected chi connectivity index (χ4v) is 1.55. The zero-order valence-electron chi connectivity index (χ0n) is 10.6. The molecule has 0 saturated carbocycles. The van der Waals surface area contributed by atoms with Crippen LogP contribution in [0.4, 0.5) is 0 Å². The summed E-state index contributed by atoms with van der Waals surface area (Å²) in [5.74, 6) is 0. The van der Waals surface area contributed by atoms with E-state index in [-0.39, 0.29) is 5.41 Å². The zero-order valence-corrected chi connectivity index (χ0v) is 10.6. The van der Waals surface area contributed by atoms with Crippen LogP contribution in [0.1, 0.15) is 20.8 Å². The first-order chi connectivity index (χ1) is 6.44. The van der Waals surface area contributed by atoms with Crippen molar-refractivity contribution in [3.63, 3.8) is 0 Å². The average molecular weight is 202 g/mol. The van der Waals surface area contributed by atoms with E-state index in [1.54, 1.807) is 7.11 Å². The first-order valence-corrected chi connectivity index (χ1v) is 5.28. The summed E-state index contributed by atoms with van der Waals surface area (Å²) in [5, 5.41) is 3.31. The van der Waals surface area contributed by atoms with E-state index in [0.717, 1.165) is 19.7 Å². The minimum atomic E-state index is 0.289. The lowest BCUT2D eigenvalue weighted by Crippen LogP contribution is -2.45. The number of ether oxygens (including phenoxy) is 1. The molecule has 0 radical (unpaired) electrons. The van der Waals surface area contributed by atoms with Crippen LogP contribution in [0.2, 0.25) is 0 Å². The van der Waals surface area contributed by atoms with Gasteiger partial charge < -0.3 is 15.0 Å². The Labute approximate surface area is 88.8 Å². The van der Waals surface area contributed by atoms with E-state index in [9.17, 15) is 0 Å². The number of nitrogens with one attached hydrogen (secondary N) is 1. The van der Waals surface area contributed by atoms with Gasteiger partial charge in [-0.25, -0.2) is 0 Å². The zero-order chi connectivity index (χ0) is 11.2. The number of hydrogen-bond donors (Lipinski definition) is 1. The van der Waals surface area contributed by atoms with Crippen LogP contribution in [0.5, 0.6) is 0 Å². The van der Waals surface area contributed by atoms with Gasteiger partial charge in [0.1, 0.15) is 0 Å². The van der Waals surface area contributed by atoms with Crippen molar-refractivity contribution < 1.29 is 4.74 Å². The molecule has 0 aliphatic heterocycles. The molecule has 0 aromatic rings. The Morgan fingerprint density at radius 1 is 1.43 bits per heavy atom. The Bertz CT molecular complexity index is 148. The minimum Gasteiger partial charge on any atom is -0.383 e. The molecule has 0 aliphatic rings. The lowest BCUT2D eigenvalue weighted by Gasteiger charge is -2.35. The molecule has 14 heavy (non-hydrogen) atoms. The van der Waals surface area contributed by atoms with Gasteiger partial charge in [-0.1, -0.05) is 13.8 Å². The van der Waals surface area contributed by atoms with Crippen molar-refractivity contribution in [2.75, 3.05) is 40.9 Å². The molecule has 1 N–H and O–H groups in total. The smallest absolute Gasteiger partial charge is 0.0589 e. The first-order valence-electron chi connectivity index (χ1n) is 5.28. The number of nitrogens with zero attached hydrogens (tertiary/aromatic N) is 1. The van der Waals surface area contributed by atoms with Crippen LogP contribution in [0.25, 0.3) is 0 Å². The molecule has 0 amide bonds. The molecule has 0 heterocycles. The summed E-state index contributed by atoms with van der Waals surface area (Å²) < 4.78 is 5.06. The summed E-state index contributed by atoms with van der Waals surface area (Å²) in [4.78, 5) is 2.32. The third kappa shape index (κ3) is 4.94. The van der Waals surface area contributed by atoms with Crippen molar-refractivity contribution in [3.8, 4) is 0 Å². The summed E-state index contributed by atoms with van der Waals surface area (Å²) in [5.41, 5.74) is 0.289. The predicted molar refractivity (Wildman–Crippen MR) is 61.7 cm³/mol. The van der Waals surface area contributed by atoms with Crippen molar-refractivity contribution in [2.24, 2.45) is 5.41 Å². The van der Waals surface area contributed by atoms with Gasteiger partial charge in [0.05, 0.1) is 6.61 Å². The largest absolute Gasteiger partial charge is 0.383 e. The Balaban J connectivity index is 3.94. The molecule has 3 heteroatoms. The molecule has 0 aliphatic carbocycles. The molecule has 0 saturated heterocycles. The molecule has 86 valence electrons. The highest BCUT2D eigenvalue weighted by molar-refractivity contribution is 4.82. The van der Waals surface area contributed by atoms with Gasteiger partial charge in [0, 0.05) is 26.2 Å². The Kier molecular flexibility index (Phi) is 6.33. The van der Waals surface area contributed by atoms with Gasteiger partial charge in [-0.2, -0.15) is 0 Å². The fraction of sp³-hybridized carbons (Fsp3) is 1.00. The van der Waals surface area contributed by atoms with Crippen molar-refractivity contribution in [3.05, 3.63) is 0 Å². The second-order valence-corrected chi connectivity index (χ2v) is 4.73. The minimum absolute atomic E-state index is 0.289. The molecule has 0 spiro atoms. The predicted octanol–water partition coefficient (Wildman–Crippen LogP) is 1.20. The van der Waals surface area contributed by atoms with E-state index in [4.69, 9.17) is 4.74 Å². The molecule has 0 bridgehead atoms. The molecule has 3 nitrogen and oxygen atoms in total. The summed E-state index contributed by atoms with van der Waals surface area (Å²) in [6.45, 7) is 9.69. The topological polar surface area (TPSA) is 24.5 Å². The third-order valence-corrected chi connectivity index (χ3v) is 2.96. The van der Waals surface area contributed by atoms with Gasteiger partial charge in [-0.3, -0.25) is 0 Å². The second kappa shape index (κ2) is 6.38. The summed E-state index contributed by atoms with van der Waals surface area (Å²) in [6, 6.07) is 0.521. The van der Waals surface area contributed by atoms with Crippen LogP contribution in [0.15, 0.2) is 0 Å². The van der Waals surface area contributed by atoms with E-state index in [0.29, 0.717) is 6.04 Å². The van der Waals surface area contributed by atoms with Crippen molar-refractivity contribution in [1.82, 2.24) is 10.2 Å². The maximum absolute atomic E-state index is 5.06. The summed E-state index contributed by atoms with van der Waals surface area (Å²) >= 11 is 0. The molecule has 1 unspecified atom stereocenters. The molecule has 1 atom stereocenters. The SMILES string of the molecule is CNC(C)C(C)(C)CN(C)CCOC. The number of likely N-dealkylation sites (N-methyl/N-ethyl adjacent to an activating group) is 1. The van der Waals surface area contributed by atoms with Gasteiger partial charge in [0.2, 0.25) is 0 Å². The highest BCUT2D eigenvalue weighted by atomic mass is 16.5. The second-order valence-electron chi connectivity index (χ2n) is 4.73. The summed E-state index contributed by atoms with van der Waals surface area (Å²) in [6.07, 6.45) is 0. The Hall–Kier alpha value is -0.120. The number of hydrogen-bond acceptors (Lipinski definition) is 3. The van der Waals surface area contributed by atoms with Crippen LogP contribution in [-0.2, 0) is 4.74 Å². The van der Waals surface area contributed by atoms with Crippen molar-refractivity contribution >= 4 is 0 Å². The maximum Gasteiger partial charge on any atom is 0.0589 e. The van der Waals surface area contributed by atoms with Crippen LogP contribution >= 0.6 is 0 Å². The first kappa shape index (κ1) is 13.9. The van der Waals surface area contributed by atoms with E-state index in [1.807, 2.05) is 7.05 Å². The van der Waals surface area contributed by atoms with E-state index in [1.165, 1.54) is 0 Å². The lowest BCUT2D eigenvalue weighted by atomic mass is 9.85. The molecule has 0 aromatic carbocycles. The van der Waals surface area contributed by atoms with Gasteiger partial charge in [0.25, 0.3) is 0 Å². The van der Waals surface area contributed by atoms with Crippen LogP contribution in [0, 0.1) is 5.41 Å². The van der Waals surface area contributed by atoms with E-state index >= 15 is 0 Å². The van der Waals surface area contributed by atoms with Gasteiger partial charge in [-0.15, -0.1) is 0 Å². The molecular formula is C11H26N2O. The highest BCUT2D eigenvalue weighted by Gasteiger charge is 2.25. The van der Waals surface area contributed by atoms with Crippen LogP contribution < -0.4 is 5.32 Å². The Morgan fingerprint density at radius 2 is 2.00 bits per heavy atom. The van der Waals surface area contributed by atoms with Crippen LogP contribution in [0.3, 0.4) is 0 Å². The molecular weight excluding hydrogens is 176 g/mol. The number of methoxy groups -OCH3 is 1. The third-order valence-electron chi connectivity index (χ3n) is 2.96. The maximum atomic E-state index is 5.06. The van der Waals surface area contributed by atoms with Gasteiger partial charge >= 0.3 is 0 Å². The highest BCUT2D eigenvalue weighted by Crippen LogP contribution is 2.20.